The first-order valence-corrected chi connectivity index (χ1v) is 10.3. The zero-order valence-corrected chi connectivity index (χ0v) is 17.7. The van der Waals surface area contributed by atoms with Crippen LogP contribution in [-0.4, -0.2) is 73.3 Å². The minimum Gasteiger partial charge on any atom is -0.492 e. The van der Waals surface area contributed by atoms with Crippen molar-refractivity contribution in [2.24, 2.45) is 0 Å². The first kappa shape index (κ1) is 22.1. The molecule has 30 heavy (non-hydrogen) atoms. The van der Waals surface area contributed by atoms with Gasteiger partial charge in [-0.15, -0.1) is 0 Å². The summed E-state index contributed by atoms with van der Waals surface area (Å²) >= 11 is 0. The van der Waals surface area contributed by atoms with Crippen LogP contribution in [0.5, 0.6) is 5.75 Å². The van der Waals surface area contributed by atoms with Crippen LogP contribution in [0, 0.1) is 11.6 Å². The van der Waals surface area contributed by atoms with Crippen molar-refractivity contribution in [3.05, 3.63) is 23.8 Å². The molecule has 0 saturated carbocycles. The van der Waals surface area contributed by atoms with E-state index in [1.807, 2.05) is 0 Å². The third kappa shape index (κ3) is 5.52. The summed E-state index contributed by atoms with van der Waals surface area (Å²) < 4.78 is 40.1. The van der Waals surface area contributed by atoms with E-state index in [4.69, 9.17) is 9.47 Å². The largest absolute Gasteiger partial charge is 0.492 e. The van der Waals surface area contributed by atoms with E-state index in [1.54, 1.807) is 30.6 Å². The van der Waals surface area contributed by atoms with Gasteiger partial charge in [-0.1, -0.05) is 0 Å². The molecule has 2 saturated heterocycles. The van der Waals surface area contributed by atoms with Gasteiger partial charge in [0.05, 0.1) is 6.54 Å². The molecule has 2 aliphatic rings. The van der Waals surface area contributed by atoms with Gasteiger partial charge in [0.1, 0.15) is 23.6 Å². The van der Waals surface area contributed by atoms with E-state index < -0.39 is 23.3 Å². The highest BCUT2D eigenvalue weighted by Gasteiger charge is 2.28. The van der Waals surface area contributed by atoms with Crippen molar-refractivity contribution in [2.45, 2.75) is 39.2 Å². The van der Waals surface area contributed by atoms with E-state index in [-0.39, 0.29) is 24.0 Å². The molecule has 2 amide bonds. The highest BCUT2D eigenvalue weighted by molar-refractivity contribution is 5.78. The summed E-state index contributed by atoms with van der Waals surface area (Å²) in [5.74, 6) is -1.26. The summed E-state index contributed by atoms with van der Waals surface area (Å²) in [5.41, 5.74) is -0.717. The summed E-state index contributed by atoms with van der Waals surface area (Å²) in [6.07, 6.45) is 0.945. The minimum absolute atomic E-state index is 0.0804. The van der Waals surface area contributed by atoms with E-state index in [9.17, 15) is 18.4 Å². The number of hydrogen-bond donors (Lipinski definition) is 0. The van der Waals surface area contributed by atoms with Crippen molar-refractivity contribution >= 4 is 17.7 Å². The number of ether oxygens (including phenoxy) is 2. The van der Waals surface area contributed by atoms with Crippen molar-refractivity contribution in [3.8, 4) is 5.75 Å². The molecule has 2 heterocycles. The molecule has 2 aliphatic heterocycles. The predicted molar refractivity (Wildman–Crippen MR) is 108 cm³/mol. The molecule has 7 nitrogen and oxygen atoms in total. The Bertz CT molecular complexity index is 766. The van der Waals surface area contributed by atoms with Gasteiger partial charge < -0.3 is 24.2 Å². The van der Waals surface area contributed by atoms with Crippen LogP contribution in [-0.2, 0) is 9.53 Å². The molecular formula is C21H29F2N3O4. The van der Waals surface area contributed by atoms with Gasteiger partial charge in [-0.3, -0.25) is 4.79 Å². The number of halogens is 2. The number of carbonyl (C=O) groups is 2. The molecule has 0 spiro atoms. The monoisotopic (exact) mass is 425 g/mol. The minimum atomic E-state index is -0.715. The highest BCUT2D eigenvalue weighted by atomic mass is 19.1. The summed E-state index contributed by atoms with van der Waals surface area (Å²) in [5, 5.41) is 0. The fraction of sp³-hybridized carbons (Fsp3) is 0.619. The van der Waals surface area contributed by atoms with Gasteiger partial charge >= 0.3 is 6.09 Å². The SMILES string of the molecule is CC(C)(C)OC(=O)N1CCN(c2c(F)cc(OCCN3CCCC3=O)cc2F)CC1. The standard InChI is InChI=1S/C21H29F2N3O4/c1-21(2,3)30-20(28)26-9-7-25(8-10-26)19-16(22)13-15(14-17(19)23)29-12-11-24-6-4-5-18(24)27/h13-14H,4-12H2,1-3H3. The second-order valence-electron chi connectivity index (χ2n) is 8.52. The van der Waals surface area contributed by atoms with Gasteiger partial charge in [0.25, 0.3) is 0 Å². The molecule has 166 valence electrons. The number of piperazine rings is 1. The van der Waals surface area contributed by atoms with Crippen molar-refractivity contribution in [2.75, 3.05) is 50.8 Å². The van der Waals surface area contributed by atoms with Crippen LogP contribution >= 0.6 is 0 Å². The summed E-state index contributed by atoms with van der Waals surface area (Å²) in [6, 6.07) is 2.31. The lowest BCUT2D eigenvalue weighted by Gasteiger charge is -2.37. The number of hydrogen-bond acceptors (Lipinski definition) is 5. The lowest BCUT2D eigenvalue weighted by atomic mass is 10.2. The summed E-state index contributed by atoms with van der Waals surface area (Å²) in [4.78, 5) is 28.5. The quantitative estimate of drug-likeness (QED) is 0.726. The molecule has 0 aromatic heterocycles. The number of likely N-dealkylation sites (tertiary alicyclic amines) is 1. The maximum absolute atomic E-state index is 14.6. The Balaban J connectivity index is 1.55. The van der Waals surface area contributed by atoms with E-state index >= 15 is 0 Å². The average molecular weight is 425 g/mol. The Labute approximate surface area is 175 Å². The van der Waals surface area contributed by atoms with Crippen LogP contribution in [0.25, 0.3) is 0 Å². The van der Waals surface area contributed by atoms with Gasteiger partial charge in [0.15, 0.2) is 11.6 Å². The third-order valence-corrected chi connectivity index (χ3v) is 5.04. The molecule has 1 aromatic carbocycles. The highest BCUT2D eigenvalue weighted by Crippen LogP contribution is 2.29. The molecule has 0 atom stereocenters. The molecule has 0 aliphatic carbocycles. The fourth-order valence-corrected chi connectivity index (χ4v) is 3.58. The summed E-state index contributed by atoms with van der Waals surface area (Å²) in [6.45, 7) is 7.87. The number of rotatable bonds is 5. The van der Waals surface area contributed by atoms with Crippen LogP contribution in [0.4, 0.5) is 19.3 Å². The van der Waals surface area contributed by atoms with E-state index in [0.29, 0.717) is 45.7 Å². The Morgan fingerprint density at radius 2 is 1.70 bits per heavy atom. The maximum Gasteiger partial charge on any atom is 0.410 e. The van der Waals surface area contributed by atoms with Crippen LogP contribution in [0.15, 0.2) is 12.1 Å². The van der Waals surface area contributed by atoms with Gasteiger partial charge in [0, 0.05) is 51.3 Å². The normalized spacial score (nSPS) is 17.5. The Kier molecular flexibility index (Phi) is 6.67. The molecule has 2 fully saturated rings. The topological polar surface area (TPSA) is 62.3 Å². The average Bonchev–Trinajstić information content (AvgIpc) is 3.05. The number of amides is 2. The van der Waals surface area contributed by atoms with Gasteiger partial charge in [0.2, 0.25) is 5.91 Å². The third-order valence-electron chi connectivity index (χ3n) is 5.04. The Hall–Kier alpha value is -2.58. The van der Waals surface area contributed by atoms with Gasteiger partial charge in [-0.25, -0.2) is 13.6 Å². The zero-order chi connectivity index (χ0) is 21.9. The number of nitrogens with zero attached hydrogens (tertiary/aromatic N) is 3. The molecule has 0 N–H and O–H groups in total. The van der Waals surface area contributed by atoms with E-state index in [2.05, 4.69) is 0 Å². The van der Waals surface area contributed by atoms with E-state index in [1.165, 1.54) is 4.90 Å². The smallest absolute Gasteiger partial charge is 0.410 e. The molecule has 3 rings (SSSR count). The maximum atomic E-state index is 14.6. The van der Waals surface area contributed by atoms with Gasteiger partial charge in [-0.2, -0.15) is 0 Å². The van der Waals surface area contributed by atoms with Crippen molar-refractivity contribution < 1.29 is 27.8 Å². The van der Waals surface area contributed by atoms with Crippen LogP contribution in [0.1, 0.15) is 33.6 Å². The van der Waals surface area contributed by atoms with Crippen LogP contribution in [0.3, 0.4) is 0 Å². The van der Waals surface area contributed by atoms with Crippen LogP contribution in [0.2, 0.25) is 0 Å². The van der Waals surface area contributed by atoms with Crippen LogP contribution < -0.4 is 9.64 Å². The van der Waals surface area contributed by atoms with Crippen molar-refractivity contribution in [3.63, 3.8) is 0 Å². The lowest BCUT2D eigenvalue weighted by molar-refractivity contribution is -0.128. The fourth-order valence-electron chi connectivity index (χ4n) is 3.58. The lowest BCUT2D eigenvalue weighted by Crippen LogP contribution is -2.50. The van der Waals surface area contributed by atoms with Crippen molar-refractivity contribution in [1.29, 1.82) is 0 Å². The Morgan fingerprint density at radius 3 is 2.23 bits per heavy atom. The molecular weight excluding hydrogens is 396 g/mol. The second kappa shape index (κ2) is 9.06. The van der Waals surface area contributed by atoms with E-state index in [0.717, 1.165) is 18.6 Å². The molecule has 0 unspecified atom stereocenters. The zero-order valence-electron chi connectivity index (χ0n) is 17.7. The molecule has 1 aromatic rings. The molecule has 0 radical (unpaired) electrons. The number of carbonyl (C=O) groups excluding carboxylic acids is 2. The summed E-state index contributed by atoms with van der Waals surface area (Å²) in [7, 11) is 0. The predicted octanol–water partition coefficient (Wildman–Crippen LogP) is 3.02. The molecule has 9 heteroatoms. The number of anilines is 1. The van der Waals surface area contributed by atoms with Gasteiger partial charge in [-0.05, 0) is 27.2 Å². The second-order valence-corrected chi connectivity index (χ2v) is 8.52. The molecule has 0 bridgehead atoms. The Morgan fingerprint density at radius 1 is 1.07 bits per heavy atom. The first-order valence-electron chi connectivity index (χ1n) is 10.3. The first-order chi connectivity index (χ1) is 14.1. The van der Waals surface area contributed by atoms with Crippen molar-refractivity contribution in [1.82, 2.24) is 9.80 Å². The number of benzene rings is 1.